The first-order chi connectivity index (χ1) is 12.5. The van der Waals surface area contributed by atoms with Crippen molar-refractivity contribution in [2.45, 2.75) is 38.3 Å². The maximum Gasteiger partial charge on any atom is 0.411 e. The number of ether oxygens (including phenoxy) is 1. The molecule has 2 aromatic carbocycles. The fourth-order valence-corrected chi connectivity index (χ4v) is 4.05. The molecule has 1 saturated heterocycles. The van der Waals surface area contributed by atoms with E-state index in [0.29, 0.717) is 6.54 Å². The van der Waals surface area contributed by atoms with Gasteiger partial charge in [0.25, 0.3) is 0 Å². The summed E-state index contributed by atoms with van der Waals surface area (Å²) in [4.78, 5) is 14.8. The molecule has 1 fully saturated rings. The van der Waals surface area contributed by atoms with Gasteiger partial charge in [-0.15, -0.1) is 0 Å². The molecule has 4 heteroatoms. The smallest absolute Gasteiger partial charge is 0.411 e. The third-order valence-corrected chi connectivity index (χ3v) is 5.64. The van der Waals surface area contributed by atoms with Gasteiger partial charge < -0.3 is 9.64 Å². The normalized spacial score (nSPS) is 20.8. The van der Waals surface area contributed by atoms with Crippen molar-refractivity contribution >= 4 is 6.09 Å². The number of carbonyl (C=O) groups is 1. The van der Waals surface area contributed by atoms with E-state index in [9.17, 15) is 10.1 Å². The molecule has 1 aliphatic heterocycles. The minimum Gasteiger partial charge on any atom is -0.436 e. The quantitative estimate of drug-likeness (QED) is 0.737. The second-order valence-corrected chi connectivity index (χ2v) is 7.73. The van der Waals surface area contributed by atoms with Gasteiger partial charge in [-0.3, -0.25) is 0 Å². The van der Waals surface area contributed by atoms with Crippen molar-refractivity contribution in [1.82, 2.24) is 4.90 Å². The van der Waals surface area contributed by atoms with Gasteiger partial charge in [-0.05, 0) is 37.8 Å². The molecule has 4 rings (SSSR count). The van der Waals surface area contributed by atoms with E-state index in [0.717, 1.165) is 35.1 Å². The van der Waals surface area contributed by atoms with Gasteiger partial charge in [0.1, 0.15) is 0 Å². The summed E-state index contributed by atoms with van der Waals surface area (Å²) in [5.41, 5.74) is 3.98. The molecule has 0 spiro atoms. The average molecular weight is 346 g/mol. The van der Waals surface area contributed by atoms with Gasteiger partial charge in [0.05, 0.1) is 12.0 Å². The second-order valence-electron chi connectivity index (χ2n) is 7.73. The SMILES string of the molecule is CC1(C)CCC(C#N)CN1C(=O)OC1c2ccccc2-c2ccccc21. The van der Waals surface area contributed by atoms with Crippen LogP contribution in [-0.2, 0) is 4.74 Å². The Labute approximate surface area is 154 Å². The Morgan fingerprint density at radius 2 is 1.69 bits per heavy atom. The number of benzene rings is 2. The number of hydrogen-bond donors (Lipinski definition) is 0. The lowest BCUT2D eigenvalue weighted by Gasteiger charge is -2.43. The predicted molar refractivity (Wildman–Crippen MR) is 99.3 cm³/mol. The van der Waals surface area contributed by atoms with Crippen LogP contribution < -0.4 is 0 Å². The summed E-state index contributed by atoms with van der Waals surface area (Å²) >= 11 is 0. The van der Waals surface area contributed by atoms with E-state index in [1.807, 2.05) is 50.2 Å². The molecular formula is C22H22N2O2. The van der Waals surface area contributed by atoms with Crippen molar-refractivity contribution in [3.05, 3.63) is 59.7 Å². The zero-order valence-electron chi connectivity index (χ0n) is 15.1. The van der Waals surface area contributed by atoms with E-state index >= 15 is 0 Å². The first-order valence-electron chi connectivity index (χ1n) is 9.07. The lowest BCUT2D eigenvalue weighted by Crippen LogP contribution is -2.53. The lowest BCUT2D eigenvalue weighted by molar-refractivity contribution is 0.0209. The molecule has 0 N–H and O–H groups in total. The number of likely N-dealkylation sites (tertiary alicyclic amines) is 1. The maximum absolute atomic E-state index is 13.0. The fourth-order valence-electron chi connectivity index (χ4n) is 4.05. The van der Waals surface area contributed by atoms with Gasteiger partial charge >= 0.3 is 6.09 Å². The number of amides is 1. The van der Waals surface area contributed by atoms with E-state index in [2.05, 4.69) is 18.2 Å². The highest BCUT2D eigenvalue weighted by Gasteiger charge is 2.40. The summed E-state index contributed by atoms with van der Waals surface area (Å²) in [5, 5.41) is 9.28. The molecule has 26 heavy (non-hydrogen) atoms. The Kier molecular flexibility index (Phi) is 3.96. The largest absolute Gasteiger partial charge is 0.436 e. The highest BCUT2D eigenvalue weighted by atomic mass is 16.6. The van der Waals surface area contributed by atoms with Gasteiger partial charge in [0.15, 0.2) is 6.10 Å². The van der Waals surface area contributed by atoms with Crippen molar-refractivity contribution in [2.24, 2.45) is 5.92 Å². The van der Waals surface area contributed by atoms with Crippen LogP contribution in [0.4, 0.5) is 4.79 Å². The minimum absolute atomic E-state index is 0.126. The maximum atomic E-state index is 13.0. The highest BCUT2D eigenvalue weighted by Crippen LogP contribution is 2.45. The first-order valence-corrected chi connectivity index (χ1v) is 9.07. The zero-order chi connectivity index (χ0) is 18.3. The summed E-state index contributed by atoms with van der Waals surface area (Å²) in [6.07, 6.45) is 0.889. The summed E-state index contributed by atoms with van der Waals surface area (Å²) in [6, 6.07) is 18.4. The van der Waals surface area contributed by atoms with Crippen molar-refractivity contribution < 1.29 is 9.53 Å². The fraction of sp³-hybridized carbons (Fsp3) is 0.364. The van der Waals surface area contributed by atoms with Gasteiger partial charge in [0, 0.05) is 23.2 Å². The minimum atomic E-state index is -0.395. The molecule has 1 atom stereocenters. The highest BCUT2D eigenvalue weighted by molar-refractivity contribution is 5.80. The topological polar surface area (TPSA) is 53.3 Å². The van der Waals surface area contributed by atoms with E-state index in [1.165, 1.54) is 0 Å². The third-order valence-electron chi connectivity index (χ3n) is 5.64. The van der Waals surface area contributed by atoms with E-state index in [4.69, 9.17) is 4.74 Å². The molecule has 0 saturated carbocycles. The van der Waals surface area contributed by atoms with Crippen LogP contribution in [0.2, 0.25) is 0 Å². The number of nitrogens with zero attached hydrogens (tertiary/aromatic N) is 2. The first kappa shape index (κ1) is 16.7. The molecule has 0 radical (unpaired) electrons. The molecule has 1 aliphatic carbocycles. The molecule has 2 aromatic rings. The van der Waals surface area contributed by atoms with Crippen molar-refractivity contribution in [2.75, 3.05) is 6.54 Å². The molecule has 1 amide bonds. The van der Waals surface area contributed by atoms with Gasteiger partial charge in [-0.2, -0.15) is 5.26 Å². The molecular weight excluding hydrogens is 324 g/mol. The number of carbonyl (C=O) groups excluding carboxylic acids is 1. The van der Waals surface area contributed by atoms with Gasteiger partial charge in [0.2, 0.25) is 0 Å². The van der Waals surface area contributed by atoms with Crippen LogP contribution in [0.15, 0.2) is 48.5 Å². The molecule has 4 nitrogen and oxygen atoms in total. The Morgan fingerprint density at radius 1 is 1.12 bits per heavy atom. The van der Waals surface area contributed by atoms with Gasteiger partial charge in [-0.1, -0.05) is 48.5 Å². The van der Waals surface area contributed by atoms with E-state index in [1.54, 1.807) is 4.90 Å². The Balaban J connectivity index is 1.65. The predicted octanol–water partition coefficient (Wildman–Crippen LogP) is 4.91. The molecule has 0 bridgehead atoms. The van der Waals surface area contributed by atoms with Crippen LogP contribution in [0.5, 0.6) is 0 Å². The van der Waals surface area contributed by atoms with E-state index in [-0.39, 0.29) is 17.6 Å². The van der Waals surface area contributed by atoms with Crippen molar-refractivity contribution in [3.63, 3.8) is 0 Å². The number of piperidine rings is 1. The van der Waals surface area contributed by atoms with Crippen LogP contribution in [0.1, 0.15) is 43.9 Å². The number of fused-ring (bicyclic) bond motifs is 3. The molecule has 132 valence electrons. The summed E-state index contributed by atoms with van der Waals surface area (Å²) in [7, 11) is 0. The van der Waals surface area contributed by atoms with E-state index < -0.39 is 6.10 Å². The number of hydrogen-bond acceptors (Lipinski definition) is 3. The van der Waals surface area contributed by atoms with Crippen molar-refractivity contribution in [3.8, 4) is 17.2 Å². The summed E-state index contributed by atoms with van der Waals surface area (Å²) in [6.45, 7) is 4.51. The van der Waals surface area contributed by atoms with Crippen LogP contribution in [0.25, 0.3) is 11.1 Å². The Hall–Kier alpha value is -2.80. The van der Waals surface area contributed by atoms with Crippen LogP contribution >= 0.6 is 0 Å². The molecule has 1 unspecified atom stereocenters. The van der Waals surface area contributed by atoms with Crippen molar-refractivity contribution in [1.29, 1.82) is 5.26 Å². The monoisotopic (exact) mass is 346 g/mol. The third kappa shape index (κ3) is 2.64. The Bertz CT molecular complexity index is 852. The molecule has 2 aliphatic rings. The lowest BCUT2D eigenvalue weighted by atomic mass is 9.86. The second kappa shape index (κ2) is 6.17. The molecule has 1 heterocycles. The summed E-state index contributed by atoms with van der Waals surface area (Å²) in [5.74, 6) is -0.126. The number of rotatable bonds is 1. The Morgan fingerprint density at radius 3 is 2.27 bits per heavy atom. The molecule has 0 aromatic heterocycles. The van der Waals surface area contributed by atoms with Crippen LogP contribution in [-0.4, -0.2) is 23.1 Å². The average Bonchev–Trinajstić information content (AvgIpc) is 2.96. The number of nitriles is 1. The van der Waals surface area contributed by atoms with Crippen LogP contribution in [0, 0.1) is 17.2 Å². The zero-order valence-corrected chi connectivity index (χ0v) is 15.1. The van der Waals surface area contributed by atoms with Crippen LogP contribution in [0.3, 0.4) is 0 Å². The summed E-state index contributed by atoms with van der Waals surface area (Å²) < 4.78 is 6.01. The standard InChI is InChI=1S/C22H22N2O2/c1-22(2)12-11-15(13-23)14-24(22)21(25)26-20-18-9-5-3-7-16(18)17-8-4-6-10-19(17)20/h3-10,15,20H,11-12,14H2,1-2H3. The van der Waals surface area contributed by atoms with Gasteiger partial charge in [-0.25, -0.2) is 4.79 Å².